The van der Waals surface area contributed by atoms with Crippen molar-refractivity contribution in [2.24, 2.45) is 11.8 Å². The molecule has 0 aliphatic rings. The van der Waals surface area contributed by atoms with Crippen LogP contribution < -0.4 is 5.32 Å². The van der Waals surface area contributed by atoms with Crippen LogP contribution in [0.4, 0.5) is 4.79 Å². The monoisotopic (exact) mass is 289 g/mol. The molecule has 0 saturated carbocycles. The van der Waals surface area contributed by atoms with E-state index in [0.717, 1.165) is 11.5 Å². The predicted octanol–water partition coefficient (Wildman–Crippen LogP) is 3.11. The van der Waals surface area contributed by atoms with Gasteiger partial charge in [0.05, 0.1) is 12.6 Å². The fourth-order valence-corrected chi connectivity index (χ4v) is 2.15. The van der Waals surface area contributed by atoms with E-state index in [2.05, 4.69) is 12.2 Å². The van der Waals surface area contributed by atoms with Crippen LogP contribution in [0.5, 0.6) is 0 Å². The Morgan fingerprint density at radius 3 is 2.32 bits per heavy atom. The van der Waals surface area contributed by atoms with E-state index in [4.69, 9.17) is 4.74 Å². The molecule has 0 aromatic rings. The Morgan fingerprint density at radius 2 is 1.84 bits per heavy atom. The maximum Gasteiger partial charge on any atom is 0.407 e. The number of carbonyl (C=O) groups excluding carboxylic acids is 2. The van der Waals surface area contributed by atoms with E-state index in [-0.39, 0.29) is 11.7 Å². The molecule has 112 valence electrons. The SMILES string of the molecule is CCSCCC(NC(=O)OCC(C)C)C(=O)C(C)C. The van der Waals surface area contributed by atoms with Crippen LogP contribution in [0.15, 0.2) is 0 Å². The van der Waals surface area contributed by atoms with Crippen molar-refractivity contribution in [2.75, 3.05) is 18.1 Å². The molecule has 0 saturated heterocycles. The highest BCUT2D eigenvalue weighted by Crippen LogP contribution is 2.09. The van der Waals surface area contributed by atoms with E-state index in [1.807, 2.05) is 27.7 Å². The van der Waals surface area contributed by atoms with Gasteiger partial charge >= 0.3 is 6.09 Å². The minimum atomic E-state index is -0.491. The number of nitrogens with one attached hydrogen (secondary N) is 1. The third-order valence-corrected chi connectivity index (χ3v) is 3.44. The second-order valence-corrected chi connectivity index (χ2v) is 6.63. The van der Waals surface area contributed by atoms with Gasteiger partial charge in [-0.05, 0) is 23.8 Å². The molecule has 1 unspecified atom stereocenters. The van der Waals surface area contributed by atoms with Crippen molar-refractivity contribution < 1.29 is 14.3 Å². The Kier molecular flexibility index (Phi) is 9.74. The molecular formula is C14H27NO3S. The lowest BCUT2D eigenvalue weighted by atomic mass is 10.00. The first-order chi connectivity index (χ1) is 8.88. The molecular weight excluding hydrogens is 262 g/mol. The number of ketones is 1. The number of carbonyl (C=O) groups is 2. The Morgan fingerprint density at radius 1 is 1.21 bits per heavy atom. The fourth-order valence-electron chi connectivity index (χ4n) is 1.46. The summed E-state index contributed by atoms with van der Waals surface area (Å²) in [6, 6.07) is -0.432. The maximum absolute atomic E-state index is 12.0. The summed E-state index contributed by atoms with van der Waals surface area (Å²) in [5.41, 5.74) is 0. The van der Waals surface area contributed by atoms with Crippen molar-refractivity contribution >= 4 is 23.6 Å². The van der Waals surface area contributed by atoms with Crippen molar-refractivity contribution in [3.8, 4) is 0 Å². The van der Waals surface area contributed by atoms with Crippen LogP contribution in [-0.4, -0.2) is 36.0 Å². The molecule has 0 aromatic heterocycles. The Labute approximate surface area is 121 Å². The topological polar surface area (TPSA) is 55.4 Å². The molecule has 1 amide bonds. The van der Waals surface area contributed by atoms with Crippen molar-refractivity contribution in [3.63, 3.8) is 0 Å². The van der Waals surface area contributed by atoms with Gasteiger partial charge in [-0.25, -0.2) is 4.79 Å². The predicted molar refractivity (Wildman–Crippen MR) is 80.6 cm³/mol. The van der Waals surface area contributed by atoms with E-state index in [9.17, 15) is 9.59 Å². The highest BCUT2D eigenvalue weighted by atomic mass is 32.2. The summed E-state index contributed by atoms with van der Waals surface area (Å²) in [6.07, 6.45) is 0.168. The summed E-state index contributed by atoms with van der Waals surface area (Å²) in [7, 11) is 0. The molecule has 0 rings (SSSR count). The Hall–Kier alpha value is -0.710. The zero-order chi connectivity index (χ0) is 14.8. The lowest BCUT2D eigenvalue weighted by Gasteiger charge is -2.19. The Bertz CT molecular complexity index is 280. The van der Waals surface area contributed by atoms with Gasteiger partial charge in [-0.1, -0.05) is 34.6 Å². The highest BCUT2D eigenvalue weighted by Gasteiger charge is 2.23. The number of hydrogen-bond acceptors (Lipinski definition) is 4. The summed E-state index contributed by atoms with van der Waals surface area (Å²) in [4.78, 5) is 23.7. The average molecular weight is 289 g/mol. The molecule has 0 heterocycles. The van der Waals surface area contributed by atoms with Crippen molar-refractivity contribution in [3.05, 3.63) is 0 Å². The summed E-state index contributed by atoms with van der Waals surface area (Å²) >= 11 is 1.77. The van der Waals surface area contributed by atoms with Gasteiger partial charge in [0.1, 0.15) is 0 Å². The van der Waals surface area contributed by atoms with Gasteiger partial charge < -0.3 is 10.1 Å². The first-order valence-electron chi connectivity index (χ1n) is 6.93. The first kappa shape index (κ1) is 18.3. The molecule has 1 N–H and O–H groups in total. The molecule has 0 radical (unpaired) electrons. The normalized spacial score (nSPS) is 12.6. The van der Waals surface area contributed by atoms with Crippen LogP contribution in [0.1, 0.15) is 41.0 Å². The number of amides is 1. The van der Waals surface area contributed by atoms with Gasteiger partial charge in [-0.2, -0.15) is 11.8 Å². The summed E-state index contributed by atoms with van der Waals surface area (Å²) in [6.45, 7) is 10.1. The highest BCUT2D eigenvalue weighted by molar-refractivity contribution is 7.99. The molecule has 4 nitrogen and oxygen atoms in total. The number of ether oxygens (including phenoxy) is 1. The van der Waals surface area contributed by atoms with Gasteiger partial charge in [-0.3, -0.25) is 4.79 Å². The minimum absolute atomic E-state index is 0.0678. The number of alkyl carbamates (subject to hydrolysis) is 1. The molecule has 0 bridgehead atoms. The number of rotatable bonds is 9. The first-order valence-corrected chi connectivity index (χ1v) is 8.08. The molecule has 0 aliphatic heterocycles. The zero-order valence-corrected chi connectivity index (χ0v) is 13.5. The van der Waals surface area contributed by atoms with Crippen molar-refractivity contribution in [1.29, 1.82) is 0 Å². The lowest BCUT2D eigenvalue weighted by molar-refractivity contribution is -0.123. The van der Waals surface area contributed by atoms with Crippen LogP contribution in [0.2, 0.25) is 0 Å². The van der Waals surface area contributed by atoms with Gasteiger partial charge in [0.15, 0.2) is 5.78 Å². The van der Waals surface area contributed by atoms with Crippen molar-refractivity contribution in [1.82, 2.24) is 5.32 Å². The van der Waals surface area contributed by atoms with Gasteiger partial charge in [-0.15, -0.1) is 0 Å². The average Bonchev–Trinajstić information content (AvgIpc) is 2.34. The van der Waals surface area contributed by atoms with Gasteiger partial charge in [0, 0.05) is 5.92 Å². The lowest BCUT2D eigenvalue weighted by Crippen LogP contribution is -2.43. The quantitative estimate of drug-likeness (QED) is 0.663. The van der Waals surface area contributed by atoms with E-state index in [0.29, 0.717) is 18.9 Å². The summed E-state index contributed by atoms with van der Waals surface area (Å²) in [5, 5.41) is 2.69. The zero-order valence-electron chi connectivity index (χ0n) is 12.7. The standard InChI is InChI=1S/C14H27NO3S/c1-6-19-8-7-12(13(16)11(4)5)15-14(17)18-9-10(2)3/h10-12H,6-9H2,1-5H3,(H,15,17). The van der Waals surface area contributed by atoms with Crippen LogP contribution in [0.3, 0.4) is 0 Å². The fraction of sp³-hybridized carbons (Fsp3) is 0.857. The number of thioether (sulfide) groups is 1. The summed E-state index contributed by atoms with van der Waals surface area (Å²) < 4.78 is 5.06. The van der Waals surface area contributed by atoms with Gasteiger partial charge in [0.25, 0.3) is 0 Å². The van der Waals surface area contributed by atoms with Crippen molar-refractivity contribution in [2.45, 2.75) is 47.1 Å². The van der Waals surface area contributed by atoms with E-state index in [1.165, 1.54) is 0 Å². The largest absolute Gasteiger partial charge is 0.449 e. The van der Waals surface area contributed by atoms with E-state index >= 15 is 0 Å². The molecule has 0 spiro atoms. The maximum atomic E-state index is 12.0. The molecule has 0 aromatic carbocycles. The second kappa shape index (κ2) is 10.1. The molecule has 0 aliphatic carbocycles. The minimum Gasteiger partial charge on any atom is -0.449 e. The van der Waals surface area contributed by atoms with Crippen LogP contribution in [0.25, 0.3) is 0 Å². The number of Topliss-reactive ketones (excluding diaryl/α,β-unsaturated/α-hetero) is 1. The van der Waals surface area contributed by atoms with Crippen LogP contribution in [-0.2, 0) is 9.53 Å². The third kappa shape index (κ3) is 8.92. The molecule has 0 fully saturated rings. The second-order valence-electron chi connectivity index (χ2n) is 5.23. The Balaban J connectivity index is 4.31. The smallest absolute Gasteiger partial charge is 0.407 e. The molecule has 1 atom stereocenters. The molecule has 5 heteroatoms. The summed E-state index contributed by atoms with van der Waals surface area (Å²) in [5.74, 6) is 2.16. The van der Waals surface area contributed by atoms with E-state index < -0.39 is 12.1 Å². The van der Waals surface area contributed by atoms with Crippen LogP contribution in [0, 0.1) is 11.8 Å². The van der Waals surface area contributed by atoms with Crippen LogP contribution >= 0.6 is 11.8 Å². The molecule has 19 heavy (non-hydrogen) atoms. The van der Waals surface area contributed by atoms with E-state index in [1.54, 1.807) is 11.8 Å². The number of hydrogen-bond donors (Lipinski definition) is 1. The third-order valence-electron chi connectivity index (χ3n) is 2.51. The van der Waals surface area contributed by atoms with Gasteiger partial charge in [0.2, 0.25) is 0 Å².